The second-order valence-corrected chi connectivity index (χ2v) is 7.11. The Morgan fingerprint density at radius 2 is 1.72 bits per heavy atom. The summed E-state index contributed by atoms with van der Waals surface area (Å²) in [5, 5.41) is 3.71. The first-order valence-corrected chi connectivity index (χ1v) is 10.0. The molecular weight excluding hydrogens is 378 g/mol. The van der Waals surface area contributed by atoms with E-state index in [-0.39, 0.29) is 18.1 Å². The number of halogens is 1. The van der Waals surface area contributed by atoms with Crippen molar-refractivity contribution in [2.75, 3.05) is 11.9 Å². The first-order valence-electron chi connectivity index (χ1n) is 8.92. The zero-order chi connectivity index (χ0) is 17.6. The summed E-state index contributed by atoms with van der Waals surface area (Å²) in [6, 6.07) is 16.9. The van der Waals surface area contributed by atoms with Gasteiger partial charge in [-0.15, -0.1) is 0 Å². The molecule has 0 fully saturated rings. The van der Waals surface area contributed by atoms with Crippen LogP contribution < -0.4 is 5.32 Å². The van der Waals surface area contributed by atoms with Crippen LogP contribution in [0.15, 0.2) is 48.5 Å². The van der Waals surface area contributed by atoms with E-state index < -0.39 is 0 Å². The van der Waals surface area contributed by atoms with Crippen molar-refractivity contribution in [3.05, 3.63) is 59.7 Å². The molecule has 1 N–H and O–H groups in total. The van der Waals surface area contributed by atoms with Gasteiger partial charge in [-0.05, 0) is 28.7 Å². The van der Waals surface area contributed by atoms with Crippen molar-refractivity contribution in [2.45, 2.75) is 38.1 Å². The van der Waals surface area contributed by atoms with E-state index in [1.54, 1.807) is 0 Å². The molecule has 1 atom stereocenters. The molecule has 0 bridgehead atoms. The van der Waals surface area contributed by atoms with Crippen LogP contribution in [-0.4, -0.2) is 24.1 Å². The van der Waals surface area contributed by atoms with Crippen LogP contribution in [0.5, 0.6) is 0 Å². The minimum atomic E-state index is -0.331. The van der Waals surface area contributed by atoms with E-state index in [1.807, 2.05) is 12.1 Å². The molecule has 1 aliphatic rings. The summed E-state index contributed by atoms with van der Waals surface area (Å²) >= 11 is 3.46. The molecule has 3 nitrogen and oxygen atoms in total. The van der Waals surface area contributed by atoms with Gasteiger partial charge in [0.1, 0.15) is 6.61 Å². The number of fused-ring (bicyclic) bond motifs is 3. The minimum Gasteiger partial charge on any atom is -0.449 e. The lowest BCUT2D eigenvalue weighted by Gasteiger charge is -2.18. The molecule has 0 saturated carbocycles. The van der Waals surface area contributed by atoms with Crippen LogP contribution in [0.1, 0.15) is 43.2 Å². The second-order valence-electron chi connectivity index (χ2n) is 6.46. The molecule has 0 heterocycles. The van der Waals surface area contributed by atoms with Gasteiger partial charge in [-0.3, -0.25) is 0 Å². The van der Waals surface area contributed by atoms with Gasteiger partial charge in [0.2, 0.25) is 0 Å². The highest BCUT2D eigenvalue weighted by atomic mass is 79.9. The molecule has 1 amide bonds. The van der Waals surface area contributed by atoms with E-state index in [1.165, 1.54) is 22.3 Å². The molecule has 0 saturated heterocycles. The number of unbranched alkanes of at least 4 members (excludes halogenated alkanes) is 1. The second kappa shape index (κ2) is 8.52. The summed E-state index contributed by atoms with van der Waals surface area (Å²) in [6.07, 6.45) is 2.85. The van der Waals surface area contributed by atoms with Gasteiger partial charge >= 0.3 is 6.09 Å². The maximum Gasteiger partial charge on any atom is 0.407 e. The fraction of sp³-hybridized carbons (Fsp3) is 0.381. The first-order chi connectivity index (χ1) is 12.2. The van der Waals surface area contributed by atoms with Crippen LogP contribution in [0, 0.1) is 0 Å². The predicted molar refractivity (Wildman–Crippen MR) is 105 cm³/mol. The van der Waals surface area contributed by atoms with Gasteiger partial charge in [0.25, 0.3) is 0 Å². The third-order valence-corrected chi connectivity index (χ3v) is 5.54. The van der Waals surface area contributed by atoms with Crippen molar-refractivity contribution in [1.82, 2.24) is 5.32 Å². The number of alkyl halides is 1. The van der Waals surface area contributed by atoms with Crippen LogP contribution in [0.3, 0.4) is 0 Å². The zero-order valence-corrected chi connectivity index (χ0v) is 16.1. The molecule has 2 aromatic carbocycles. The standard InChI is InChI=1S/C21H24BrNO2/c1-2-3-8-15(13-22)23-21(24)25-14-20-18-11-6-4-9-16(18)17-10-5-7-12-19(17)20/h4-7,9-12,15,20H,2-3,8,13-14H2,1H3,(H,23,24)/t15-/m0/s1. The van der Waals surface area contributed by atoms with E-state index in [9.17, 15) is 4.79 Å². The largest absolute Gasteiger partial charge is 0.449 e. The number of ether oxygens (including phenoxy) is 1. The highest BCUT2D eigenvalue weighted by molar-refractivity contribution is 9.09. The third-order valence-electron chi connectivity index (χ3n) is 4.76. The monoisotopic (exact) mass is 401 g/mol. The minimum absolute atomic E-state index is 0.108. The van der Waals surface area contributed by atoms with E-state index in [0.717, 1.165) is 24.6 Å². The zero-order valence-electron chi connectivity index (χ0n) is 14.5. The Labute approximate surface area is 157 Å². The van der Waals surface area contributed by atoms with Crippen molar-refractivity contribution < 1.29 is 9.53 Å². The molecule has 0 aliphatic heterocycles. The fourth-order valence-electron chi connectivity index (χ4n) is 3.45. The summed E-state index contributed by atoms with van der Waals surface area (Å²) in [5.74, 6) is 0.108. The SMILES string of the molecule is CCCC[C@@H](CBr)NC(=O)OCC1c2ccccc2-c2ccccc21. The molecule has 2 aromatic rings. The van der Waals surface area contributed by atoms with Crippen molar-refractivity contribution in [2.24, 2.45) is 0 Å². The first kappa shape index (κ1) is 18.0. The lowest BCUT2D eigenvalue weighted by molar-refractivity contribution is 0.139. The molecule has 132 valence electrons. The number of rotatable bonds is 7. The lowest BCUT2D eigenvalue weighted by Crippen LogP contribution is -2.37. The summed E-state index contributed by atoms with van der Waals surface area (Å²) in [7, 11) is 0. The molecule has 3 rings (SSSR count). The van der Waals surface area contributed by atoms with Crippen LogP contribution in [0.25, 0.3) is 11.1 Å². The van der Waals surface area contributed by atoms with Gasteiger partial charge in [-0.2, -0.15) is 0 Å². The van der Waals surface area contributed by atoms with E-state index in [0.29, 0.717) is 6.61 Å². The number of hydrogen-bond donors (Lipinski definition) is 1. The number of amides is 1. The summed E-state index contributed by atoms with van der Waals surface area (Å²) < 4.78 is 5.58. The Hall–Kier alpha value is -1.81. The number of nitrogens with one attached hydrogen (secondary N) is 1. The lowest BCUT2D eigenvalue weighted by atomic mass is 9.98. The Bertz CT molecular complexity index is 686. The molecule has 25 heavy (non-hydrogen) atoms. The number of carbonyl (C=O) groups is 1. The highest BCUT2D eigenvalue weighted by Gasteiger charge is 2.29. The quantitative estimate of drug-likeness (QED) is 0.623. The predicted octanol–water partition coefficient (Wildman–Crippen LogP) is 5.48. The smallest absolute Gasteiger partial charge is 0.407 e. The Morgan fingerprint density at radius 3 is 2.28 bits per heavy atom. The van der Waals surface area contributed by atoms with Crippen molar-refractivity contribution in [3.63, 3.8) is 0 Å². The van der Waals surface area contributed by atoms with Gasteiger partial charge < -0.3 is 10.1 Å². The van der Waals surface area contributed by atoms with Crippen LogP contribution in [0.2, 0.25) is 0 Å². The van der Waals surface area contributed by atoms with Crippen LogP contribution in [-0.2, 0) is 4.74 Å². The van der Waals surface area contributed by atoms with Gasteiger partial charge in [-0.25, -0.2) is 4.79 Å². The summed E-state index contributed by atoms with van der Waals surface area (Å²) in [5.41, 5.74) is 4.96. The average Bonchev–Trinajstić information content (AvgIpc) is 2.97. The molecule has 0 unspecified atom stereocenters. The van der Waals surface area contributed by atoms with Crippen molar-refractivity contribution >= 4 is 22.0 Å². The van der Waals surface area contributed by atoms with Crippen LogP contribution >= 0.6 is 15.9 Å². The molecular formula is C21H24BrNO2. The van der Waals surface area contributed by atoms with Crippen molar-refractivity contribution in [1.29, 1.82) is 0 Å². The van der Waals surface area contributed by atoms with Crippen LogP contribution in [0.4, 0.5) is 4.79 Å². The van der Waals surface area contributed by atoms with Crippen molar-refractivity contribution in [3.8, 4) is 11.1 Å². The number of hydrogen-bond acceptors (Lipinski definition) is 2. The highest BCUT2D eigenvalue weighted by Crippen LogP contribution is 2.44. The Morgan fingerprint density at radius 1 is 1.12 bits per heavy atom. The maximum atomic E-state index is 12.2. The fourth-order valence-corrected chi connectivity index (χ4v) is 3.93. The third kappa shape index (κ3) is 4.06. The number of alkyl carbamates (subject to hydrolysis) is 1. The topological polar surface area (TPSA) is 38.3 Å². The van der Waals surface area contributed by atoms with Gasteiger partial charge in [0, 0.05) is 17.3 Å². The van der Waals surface area contributed by atoms with Gasteiger partial charge in [0.05, 0.1) is 0 Å². The Kier molecular flexibility index (Phi) is 6.14. The molecule has 0 radical (unpaired) electrons. The van der Waals surface area contributed by atoms with Gasteiger partial charge in [-0.1, -0.05) is 84.2 Å². The number of benzene rings is 2. The molecule has 0 spiro atoms. The normalized spacial score (nSPS) is 13.8. The summed E-state index contributed by atoms with van der Waals surface area (Å²) in [6.45, 7) is 2.52. The maximum absolute atomic E-state index is 12.2. The number of carbonyl (C=O) groups excluding carboxylic acids is 1. The molecule has 0 aromatic heterocycles. The molecule has 1 aliphatic carbocycles. The average molecular weight is 402 g/mol. The Balaban J connectivity index is 1.66. The van der Waals surface area contributed by atoms with Gasteiger partial charge in [0.15, 0.2) is 0 Å². The van der Waals surface area contributed by atoms with E-state index in [2.05, 4.69) is 64.6 Å². The molecule has 4 heteroatoms. The summed E-state index contributed by atoms with van der Waals surface area (Å²) in [4.78, 5) is 12.2. The van der Waals surface area contributed by atoms with E-state index >= 15 is 0 Å². The van der Waals surface area contributed by atoms with E-state index in [4.69, 9.17) is 4.74 Å².